The molecule has 0 bridgehead atoms. The van der Waals surface area contributed by atoms with Crippen LogP contribution in [0.15, 0.2) is 41.3 Å². The van der Waals surface area contributed by atoms with Gasteiger partial charge in [-0.25, -0.2) is 0 Å². The monoisotopic (exact) mass is 342 g/mol. The predicted octanol–water partition coefficient (Wildman–Crippen LogP) is 1.69. The average Bonchev–Trinajstić information content (AvgIpc) is 3.38. The molecule has 0 N–H and O–H groups in total. The third-order valence-electron chi connectivity index (χ3n) is 5.10. The van der Waals surface area contributed by atoms with E-state index in [1.165, 1.54) is 0 Å². The van der Waals surface area contributed by atoms with E-state index in [1.807, 2.05) is 34.0 Å². The highest BCUT2D eigenvalue weighted by molar-refractivity contribution is 5.89. The van der Waals surface area contributed by atoms with Crippen molar-refractivity contribution in [2.24, 2.45) is 5.92 Å². The summed E-state index contributed by atoms with van der Waals surface area (Å²) in [5.74, 6) is 0.611. The average molecular weight is 342 g/mol. The first-order valence-electron chi connectivity index (χ1n) is 8.79. The quantitative estimate of drug-likeness (QED) is 0.848. The first kappa shape index (κ1) is 15.9. The molecule has 2 atom stereocenters. The Kier molecular flexibility index (Phi) is 4.29. The number of likely N-dealkylation sites (tertiary alicyclic amines) is 2. The standard InChI is InChI=1S/C18H22N4O3/c23-17-10-14(11-21(17)13-16-5-2-9-25-16)18(24)20-7-1-4-15(12-20)22-8-3-6-19-22/h2-3,5-6,8-9,14-15H,1,4,7,10-13H2/t14-,15+/m0/s1. The molecule has 25 heavy (non-hydrogen) atoms. The number of aromatic nitrogens is 2. The van der Waals surface area contributed by atoms with Gasteiger partial charge in [0.1, 0.15) is 5.76 Å². The number of nitrogens with zero attached hydrogens (tertiary/aromatic N) is 4. The second-order valence-corrected chi connectivity index (χ2v) is 6.82. The molecule has 2 fully saturated rings. The van der Waals surface area contributed by atoms with Crippen LogP contribution >= 0.6 is 0 Å². The third-order valence-corrected chi connectivity index (χ3v) is 5.10. The highest BCUT2D eigenvalue weighted by Gasteiger charge is 2.38. The fourth-order valence-electron chi connectivity index (χ4n) is 3.81. The summed E-state index contributed by atoms with van der Waals surface area (Å²) in [6.45, 7) is 2.34. The molecule has 7 heteroatoms. The van der Waals surface area contributed by atoms with Crippen LogP contribution in [0.1, 0.15) is 31.1 Å². The minimum atomic E-state index is -0.251. The van der Waals surface area contributed by atoms with Crippen LogP contribution in [-0.2, 0) is 16.1 Å². The molecule has 0 spiro atoms. The van der Waals surface area contributed by atoms with Crippen LogP contribution in [0.3, 0.4) is 0 Å². The number of hydrogen-bond donors (Lipinski definition) is 0. The normalized spacial score (nSPS) is 24.1. The van der Waals surface area contributed by atoms with Crippen LogP contribution in [0.5, 0.6) is 0 Å². The maximum absolute atomic E-state index is 12.9. The molecule has 4 rings (SSSR count). The van der Waals surface area contributed by atoms with E-state index in [-0.39, 0.29) is 23.8 Å². The van der Waals surface area contributed by atoms with Crippen molar-refractivity contribution in [1.29, 1.82) is 0 Å². The molecule has 2 aromatic rings. The van der Waals surface area contributed by atoms with Crippen LogP contribution in [0.4, 0.5) is 0 Å². The molecule has 2 saturated heterocycles. The lowest BCUT2D eigenvalue weighted by Crippen LogP contribution is -2.44. The molecule has 2 aromatic heterocycles. The summed E-state index contributed by atoms with van der Waals surface area (Å²) in [5.41, 5.74) is 0. The van der Waals surface area contributed by atoms with Crippen LogP contribution in [-0.4, -0.2) is 51.0 Å². The van der Waals surface area contributed by atoms with Gasteiger partial charge in [-0.2, -0.15) is 5.10 Å². The number of rotatable bonds is 4. The van der Waals surface area contributed by atoms with Crippen LogP contribution in [0.25, 0.3) is 0 Å². The zero-order valence-corrected chi connectivity index (χ0v) is 14.1. The lowest BCUT2D eigenvalue weighted by molar-refractivity contribution is -0.137. The van der Waals surface area contributed by atoms with E-state index in [9.17, 15) is 9.59 Å². The Labute approximate surface area is 146 Å². The van der Waals surface area contributed by atoms with Gasteiger partial charge in [0, 0.05) is 38.4 Å². The van der Waals surface area contributed by atoms with Crippen molar-refractivity contribution in [3.63, 3.8) is 0 Å². The summed E-state index contributed by atoms with van der Waals surface area (Å²) in [7, 11) is 0. The van der Waals surface area contributed by atoms with Gasteiger partial charge in [0.25, 0.3) is 0 Å². The SMILES string of the molecule is O=C1C[C@H](C(=O)N2CCC[C@@H](n3cccn3)C2)CN1Cc1ccco1. The molecule has 132 valence electrons. The fourth-order valence-corrected chi connectivity index (χ4v) is 3.81. The lowest BCUT2D eigenvalue weighted by Gasteiger charge is -2.34. The van der Waals surface area contributed by atoms with Crippen molar-refractivity contribution in [3.8, 4) is 0 Å². The molecule has 2 aliphatic rings. The van der Waals surface area contributed by atoms with Gasteiger partial charge in [-0.05, 0) is 31.0 Å². The van der Waals surface area contributed by atoms with E-state index in [2.05, 4.69) is 5.10 Å². The number of hydrogen-bond acceptors (Lipinski definition) is 4. The second kappa shape index (κ2) is 6.74. The minimum Gasteiger partial charge on any atom is -0.467 e. The predicted molar refractivity (Wildman–Crippen MR) is 89.3 cm³/mol. The highest BCUT2D eigenvalue weighted by Crippen LogP contribution is 2.26. The summed E-state index contributed by atoms with van der Waals surface area (Å²) in [4.78, 5) is 28.8. The number of amides is 2. The summed E-state index contributed by atoms with van der Waals surface area (Å²) >= 11 is 0. The van der Waals surface area contributed by atoms with Gasteiger partial charge in [0.15, 0.2) is 0 Å². The van der Waals surface area contributed by atoms with Gasteiger partial charge in [-0.3, -0.25) is 14.3 Å². The molecule has 0 aromatic carbocycles. The van der Waals surface area contributed by atoms with Crippen LogP contribution in [0, 0.1) is 5.92 Å². The minimum absolute atomic E-state index is 0.0235. The lowest BCUT2D eigenvalue weighted by atomic mass is 10.0. The van der Waals surface area contributed by atoms with E-state index < -0.39 is 0 Å². The number of piperidine rings is 1. The molecule has 2 aliphatic heterocycles. The van der Waals surface area contributed by atoms with Crippen molar-refractivity contribution in [2.75, 3.05) is 19.6 Å². The van der Waals surface area contributed by atoms with Crippen LogP contribution < -0.4 is 0 Å². The molecule has 0 aliphatic carbocycles. The maximum atomic E-state index is 12.9. The molecule has 4 heterocycles. The summed E-state index contributed by atoms with van der Waals surface area (Å²) in [6.07, 6.45) is 7.60. The van der Waals surface area contributed by atoms with Crippen molar-refractivity contribution in [2.45, 2.75) is 31.8 Å². The smallest absolute Gasteiger partial charge is 0.228 e. The van der Waals surface area contributed by atoms with E-state index in [1.54, 1.807) is 17.4 Å². The van der Waals surface area contributed by atoms with Gasteiger partial charge in [0.2, 0.25) is 11.8 Å². The molecular formula is C18H22N4O3. The number of carbonyl (C=O) groups excluding carboxylic acids is 2. The summed E-state index contributed by atoms with van der Waals surface area (Å²) < 4.78 is 7.25. The summed E-state index contributed by atoms with van der Waals surface area (Å²) in [6, 6.07) is 5.79. The van der Waals surface area contributed by atoms with Crippen molar-refractivity contribution < 1.29 is 14.0 Å². The topological polar surface area (TPSA) is 71.6 Å². The van der Waals surface area contributed by atoms with Gasteiger partial charge < -0.3 is 14.2 Å². The largest absolute Gasteiger partial charge is 0.467 e. The van der Waals surface area contributed by atoms with Gasteiger partial charge in [0.05, 0.1) is 24.8 Å². The van der Waals surface area contributed by atoms with Gasteiger partial charge >= 0.3 is 0 Å². The Balaban J connectivity index is 1.38. The molecule has 2 amide bonds. The Morgan fingerprint density at radius 3 is 3.00 bits per heavy atom. The molecule has 0 radical (unpaired) electrons. The fraction of sp³-hybridized carbons (Fsp3) is 0.500. The van der Waals surface area contributed by atoms with Crippen molar-refractivity contribution in [1.82, 2.24) is 19.6 Å². The second-order valence-electron chi connectivity index (χ2n) is 6.82. The number of furan rings is 1. The van der Waals surface area contributed by atoms with Crippen molar-refractivity contribution in [3.05, 3.63) is 42.6 Å². The van der Waals surface area contributed by atoms with Crippen molar-refractivity contribution >= 4 is 11.8 Å². The zero-order chi connectivity index (χ0) is 17.2. The van der Waals surface area contributed by atoms with E-state index in [4.69, 9.17) is 4.42 Å². The van der Waals surface area contributed by atoms with Crippen LogP contribution in [0.2, 0.25) is 0 Å². The van der Waals surface area contributed by atoms with E-state index in [0.717, 1.165) is 25.1 Å². The molecule has 0 unspecified atom stereocenters. The highest BCUT2D eigenvalue weighted by atomic mass is 16.3. The summed E-state index contributed by atoms with van der Waals surface area (Å²) in [5, 5.41) is 4.30. The first-order chi connectivity index (χ1) is 12.2. The van der Waals surface area contributed by atoms with Gasteiger partial charge in [-0.1, -0.05) is 0 Å². The van der Waals surface area contributed by atoms with Gasteiger partial charge in [-0.15, -0.1) is 0 Å². The Bertz CT molecular complexity index is 726. The molecule has 7 nitrogen and oxygen atoms in total. The first-order valence-corrected chi connectivity index (χ1v) is 8.79. The Morgan fingerprint density at radius 2 is 2.24 bits per heavy atom. The third kappa shape index (κ3) is 3.31. The van der Waals surface area contributed by atoms with E-state index >= 15 is 0 Å². The molecular weight excluding hydrogens is 320 g/mol. The molecule has 0 saturated carbocycles. The maximum Gasteiger partial charge on any atom is 0.228 e. The number of carbonyl (C=O) groups is 2. The zero-order valence-electron chi connectivity index (χ0n) is 14.1. The Morgan fingerprint density at radius 1 is 1.32 bits per heavy atom. The Hall–Kier alpha value is -2.57. The van der Waals surface area contributed by atoms with E-state index in [0.29, 0.717) is 26.1 Å².